The van der Waals surface area contributed by atoms with E-state index in [2.05, 4.69) is 59.0 Å². The molecule has 3 nitrogen and oxygen atoms in total. The Labute approximate surface area is 122 Å². The van der Waals surface area contributed by atoms with Gasteiger partial charge >= 0.3 is 0 Å². The van der Waals surface area contributed by atoms with Crippen LogP contribution < -0.4 is 5.32 Å². The number of rotatable bonds is 4. The summed E-state index contributed by atoms with van der Waals surface area (Å²) in [5.41, 5.74) is 2.38. The number of benzene rings is 1. The third-order valence-corrected chi connectivity index (χ3v) is 4.23. The van der Waals surface area contributed by atoms with Crippen molar-refractivity contribution in [3.8, 4) is 10.4 Å². The Morgan fingerprint density at radius 3 is 2.75 bits per heavy atom. The van der Waals surface area contributed by atoms with Crippen molar-refractivity contribution in [3.63, 3.8) is 0 Å². The van der Waals surface area contributed by atoms with Gasteiger partial charge in [0, 0.05) is 35.6 Å². The molecule has 2 aromatic heterocycles. The van der Waals surface area contributed by atoms with E-state index in [1.165, 1.54) is 10.4 Å². The van der Waals surface area contributed by atoms with Crippen molar-refractivity contribution in [3.05, 3.63) is 60.0 Å². The van der Waals surface area contributed by atoms with Crippen molar-refractivity contribution in [2.24, 2.45) is 7.05 Å². The predicted octanol–water partition coefficient (Wildman–Crippen LogP) is 4.32. The molecule has 0 aliphatic carbocycles. The van der Waals surface area contributed by atoms with E-state index in [1.54, 1.807) is 11.3 Å². The van der Waals surface area contributed by atoms with Crippen LogP contribution in [0.5, 0.6) is 0 Å². The Hall–Kier alpha value is -2.07. The lowest BCUT2D eigenvalue weighted by Crippen LogP contribution is -2.12. The lowest BCUT2D eigenvalue weighted by atomic mass is 10.1. The SMILES string of the molecule is CC(Nc1ccccc1-c1cccs1)c1nccn1C. The lowest BCUT2D eigenvalue weighted by molar-refractivity contribution is 0.722. The van der Waals surface area contributed by atoms with Gasteiger partial charge < -0.3 is 9.88 Å². The summed E-state index contributed by atoms with van der Waals surface area (Å²) in [7, 11) is 2.02. The minimum atomic E-state index is 0.163. The normalized spacial score (nSPS) is 12.3. The topological polar surface area (TPSA) is 29.9 Å². The van der Waals surface area contributed by atoms with E-state index >= 15 is 0 Å². The van der Waals surface area contributed by atoms with Crippen LogP contribution in [0.25, 0.3) is 10.4 Å². The molecule has 1 atom stereocenters. The third-order valence-electron chi connectivity index (χ3n) is 3.33. The highest BCUT2D eigenvalue weighted by molar-refractivity contribution is 7.13. The molecule has 3 aromatic rings. The highest BCUT2D eigenvalue weighted by atomic mass is 32.1. The van der Waals surface area contributed by atoms with Gasteiger partial charge in [-0.25, -0.2) is 4.98 Å². The Kier molecular flexibility index (Phi) is 3.56. The van der Waals surface area contributed by atoms with Gasteiger partial charge in [0.15, 0.2) is 0 Å². The summed E-state index contributed by atoms with van der Waals surface area (Å²) in [6.45, 7) is 2.13. The first-order chi connectivity index (χ1) is 9.75. The summed E-state index contributed by atoms with van der Waals surface area (Å²) in [6, 6.07) is 12.8. The molecule has 102 valence electrons. The Morgan fingerprint density at radius 2 is 2.05 bits per heavy atom. The van der Waals surface area contributed by atoms with Crippen LogP contribution in [0.3, 0.4) is 0 Å². The van der Waals surface area contributed by atoms with Crippen LogP contribution in [0.2, 0.25) is 0 Å². The summed E-state index contributed by atoms with van der Waals surface area (Å²) in [5.74, 6) is 1.03. The van der Waals surface area contributed by atoms with E-state index in [-0.39, 0.29) is 6.04 Å². The van der Waals surface area contributed by atoms with Gasteiger partial charge in [0.25, 0.3) is 0 Å². The molecular formula is C16H17N3S. The fourth-order valence-electron chi connectivity index (χ4n) is 2.35. The van der Waals surface area contributed by atoms with Crippen molar-refractivity contribution < 1.29 is 0 Å². The van der Waals surface area contributed by atoms with Gasteiger partial charge in [0.2, 0.25) is 0 Å². The van der Waals surface area contributed by atoms with Crippen molar-refractivity contribution in [1.29, 1.82) is 0 Å². The average Bonchev–Trinajstić information content (AvgIpc) is 3.10. The van der Waals surface area contributed by atoms with Crippen molar-refractivity contribution in [2.75, 3.05) is 5.32 Å². The predicted molar refractivity (Wildman–Crippen MR) is 85.0 cm³/mol. The van der Waals surface area contributed by atoms with Crippen molar-refractivity contribution >= 4 is 17.0 Å². The van der Waals surface area contributed by atoms with Gasteiger partial charge in [-0.2, -0.15) is 0 Å². The van der Waals surface area contributed by atoms with Gasteiger partial charge in [-0.3, -0.25) is 0 Å². The van der Waals surface area contributed by atoms with Gasteiger partial charge in [-0.1, -0.05) is 24.3 Å². The Balaban J connectivity index is 1.90. The van der Waals surface area contributed by atoms with Crippen LogP contribution in [0.1, 0.15) is 18.8 Å². The third kappa shape index (κ3) is 2.47. The maximum atomic E-state index is 4.41. The van der Waals surface area contributed by atoms with Gasteiger partial charge in [0.05, 0.1) is 6.04 Å². The molecule has 0 fully saturated rings. The first-order valence-electron chi connectivity index (χ1n) is 6.62. The molecule has 0 aliphatic rings. The van der Waals surface area contributed by atoms with Crippen LogP contribution in [0.4, 0.5) is 5.69 Å². The second-order valence-electron chi connectivity index (χ2n) is 4.79. The number of hydrogen-bond donors (Lipinski definition) is 1. The second-order valence-corrected chi connectivity index (χ2v) is 5.73. The van der Waals surface area contributed by atoms with Gasteiger partial charge in [-0.05, 0) is 24.4 Å². The lowest BCUT2D eigenvalue weighted by Gasteiger charge is -2.17. The second kappa shape index (κ2) is 5.51. The van der Waals surface area contributed by atoms with Crippen LogP contribution in [-0.4, -0.2) is 9.55 Å². The number of aromatic nitrogens is 2. The number of para-hydroxylation sites is 1. The zero-order valence-corrected chi connectivity index (χ0v) is 12.4. The van der Waals surface area contributed by atoms with Crippen molar-refractivity contribution in [2.45, 2.75) is 13.0 Å². The molecule has 1 N–H and O–H groups in total. The quantitative estimate of drug-likeness (QED) is 0.772. The highest BCUT2D eigenvalue weighted by Crippen LogP contribution is 2.33. The van der Waals surface area contributed by atoms with Crippen LogP contribution >= 0.6 is 11.3 Å². The molecule has 0 aliphatic heterocycles. The summed E-state index contributed by atoms with van der Waals surface area (Å²) in [4.78, 5) is 5.69. The van der Waals surface area contributed by atoms with E-state index in [1.807, 2.05) is 24.0 Å². The number of anilines is 1. The van der Waals surface area contributed by atoms with Crippen LogP contribution in [0.15, 0.2) is 54.2 Å². The molecule has 2 heterocycles. The first-order valence-corrected chi connectivity index (χ1v) is 7.50. The largest absolute Gasteiger partial charge is 0.375 e. The van der Waals surface area contributed by atoms with Crippen LogP contribution in [-0.2, 0) is 7.05 Å². The number of nitrogens with one attached hydrogen (secondary N) is 1. The zero-order chi connectivity index (χ0) is 13.9. The molecule has 4 heteroatoms. The van der Waals surface area contributed by atoms with E-state index in [0.717, 1.165) is 11.5 Å². The maximum absolute atomic E-state index is 4.41. The number of nitrogens with zero attached hydrogens (tertiary/aromatic N) is 2. The summed E-state index contributed by atoms with van der Waals surface area (Å²) in [5, 5.41) is 5.67. The Bertz CT molecular complexity index is 685. The smallest absolute Gasteiger partial charge is 0.130 e. The first kappa shape index (κ1) is 12.9. The minimum absolute atomic E-state index is 0.163. The molecule has 0 saturated carbocycles. The molecule has 3 rings (SSSR count). The molecule has 1 unspecified atom stereocenters. The number of thiophene rings is 1. The molecule has 0 amide bonds. The Morgan fingerprint density at radius 1 is 1.20 bits per heavy atom. The molecular weight excluding hydrogens is 266 g/mol. The fourth-order valence-corrected chi connectivity index (χ4v) is 3.11. The minimum Gasteiger partial charge on any atom is -0.375 e. The van der Waals surface area contributed by atoms with Crippen molar-refractivity contribution in [1.82, 2.24) is 9.55 Å². The summed E-state index contributed by atoms with van der Waals surface area (Å²) in [6.07, 6.45) is 3.80. The molecule has 0 spiro atoms. The number of hydrogen-bond acceptors (Lipinski definition) is 3. The standard InChI is InChI=1S/C16H17N3S/c1-12(16-17-9-10-19(16)2)18-14-7-4-3-6-13(14)15-8-5-11-20-15/h3-12,18H,1-2H3. The fraction of sp³-hybridized carbons (Fsp3) is 0.188. The van der Waals surface area contributed by atoms with E-state index in [0.29, 0.717) is 0 Å². The molecule has 0 radical (unpaired) electrons. The molecule has 0 saturated heterocycles. The summed E-state index contributed by atoms with van der Waals surface area (Å²) >= 11 is 1.76. The van der Waals surface area contributed by atoms with E-state index in [9.17, 15) is 0 Å². The van der Waals surface area contributed by atoms with E-state index < -0.39 is 0 Å². The monoisotopic (exact) mass is 283 g/mol. The summed E-state index contributed by atoms with van der Waals surface area (Å²) < 4.78 is 2.05. The molecule has 0 bridgehead atoms. The van der Waals surface area contributed by atoms with E-state index in [4.69, 9.17) is 0 Å². The van der Waals surface area contributed by atoms with Gasteiger partial charge in [-0.15, -0.1) is 11.3 Å². The highest BCUT2D eigenvalue weighted by Gasteiger charge is 2.12. The molecule has 20 heavy (non-hydrogen) atoms. The zero-order valence-electron chi connectivity index (χ0n) is 11.6. The van der Waals surface area contributed by atoms with Crippen LogP contribution in [0, 0.1) is 0 Å². The average molecular weight is 283 g/mol. The number of aryl methyl sites for hydroxylation is 1. The number of imidazole rings is 1. The van der Waals surface area contributed by atoms with Gasteiger partial charge in [0.1, 0.15) is 5.82 Å². The maximum Gasteiger partial charge on any atom is 0.130 e. The molecule has 1 aromatic carbocycles.